The number of carboxylic acids is 2. The van der Waals surface area contributed by atoms with Crippen LogP contribution in [0.3, 0.4) is 0 Å². The van der Waals surface area contributed by atoms with E-state index in [0.717, 1.165) is 16.9 Å². The first-order valence-corrected chi connectivity index (χ1v) is 12.9. The van der Waals surface area contributed by atoms with Gasteiger partial charge in [0.15, 0.2) is 0 Å². The summed E-state index contributed by atoms with van der Waals surface area (Å²) in [4.78, 5) is 64.2. The predicted molar refractivity (Wildman–Crippen MR) is 155 cm³/mol. The summed E-state index contributed by atoms with van der Waals surface area (Å²) < 4.78 is 19.1. The van der Waals surface area contributed by atoms with E-state index in [4.69, 9.17) is 4.74 Å². The smallest absolute Gasteiger partial charge is 0.416 e. The van der Waals surface area contributed by atoms with Crippen LogP contribution in [0.1, 0.15) is 22.8 Å². The van der Waals surface area contributed by atoms with Crippen LogP contribution in [0.25, 0.3) is 10.8 Å². The number of aliphatic carboxylic acids is 1. The van der Waals surface area contributed by atoms with Gasteiger partial charge in [-0.15, -0.1) is 0 Å². The summed E-state index contributed by atoms with van der Waals surface area (Å²) in [5.41, 5.74) is 0.120. The molecule has 0 aliphatic carbocycles. The van der Waals surface area contributed by atoms with Crippen LogP contribution in [0, 0.1) is 5.82 Å². The second-order valence-corrected chi connectivity index (χ2v) is 9.30. The lowest BCUT2D eigenvalue weighted by Gasteiger charge is -2.27. The minimum Gasteiger partial charge on any atom is -0.478 e. The molecule has 0 bridgehead atoms. The Morgan fingerprint density at radius 1 is 0.837 bits per heavy atom. The first-order chi connectivity index (χ1) is 20.5. The van der Waals surface area contributed by atoms with Gasteiger partial charge < -0.3 is 20.3 Å². The van der Waals surface area contributed by atoms with Gasteiger partial charge in [-0.3, -0.25) is 14.5 Å². The molecular weight excluding hydrogens is 561 g/mol. The maximum atomic E-state index is 14.3. The highest BCUT2D eigenvalue weighted by atomic mass is 19.1. The number of benzene rings is 4. The molecule has 0 unspecified atom stereocenters. The number of nitrogens with zero attached hydrogens (tertiary/aromatic N) is 2. The summed E-state index contributed by atoms with van der Waals surface area (Å²) in [5.74, 6) is -5.87. The third-order valence-electron chi connectivity index (χ3n) is 6.59. The van der Waals surface area contributed by atoms with Gasteiger partial charge >= 0.3 is 23.9 Å². The summed E-state index contributed by atoms with van der Waals surface area (Å²) in [6.45, 7) is 1.12. The zero-order chi connectivity index (χ0) is 31.3. The second kappa shape index (κ2) is 12.8. The molecule has 1 atom stereocenters. The van der Waals surface area contributed by atoms with Crippen molar-refractivity contribution < 1.29 is 43.3 Å². The topological polar surface area (TPSA) is 154 Å². The SMILES string of the molecule is COC(=O)N(Cc1ccccc1F)C(=O)[C@H](C)Nc1ccc(N(C(=O)C(=O)O)c2ccccc2C(=O)O)c2ccccc12. The molecule has 0 fully saturated rings. The van der Waals surface area contributed by atoms with Crippen molar-refractivity contribution in [3.8, 4) is 0 Å². The molecule has 43 heavy (non-hydrogen) atoms. The molecule has 0 aromatic heterocycles. The van der Waals surface area contributed by atoms with E-state index in [1.54, 1.807) is 30.3 Å². The third kappa shape index (κ3) is 6.27. The quantitative estimate of drug-likeness (QED) is 0.241. The van der Waals surface area contributed by atoms with Crippen molar-refractivity contribution >= 4 is 57.7 Å². The van der Waals surface area contributed by atoms with E-state index < -0.39 is 41.7 Å². The van der Waals surface area contributed by atoms with E-state index in [2.05, 4.69) is 5.32 Å². The Labute approximate surface area is 244 Å². The molecule has 11 nitrogen and oxygen atoms in total. The number of anilines is 3. The van der Waals surface area contributed by atoms with Crippen molar-refractivity contribution in [3.05, 3.63) is 102 Å². The average Bonchev–Trinajstić information content (AvgIpc) is 3.01. The number of carbonyl (C=O) groups excluding carboxylic acids is 3. The van der Waals surface area contributed by atoms with Crippen molar-refractivity contribution in [3.63, 3.8) is 0 Å². The van der Waals surface area contributed by atoms with Crippen LogP contribution in [0.15, 0.2) is 84.9 Å². The number of hydrogen-bond acceptors (Lipinski definition) is 7. The molecule has 0 aliphatic rings. The van der Waals surface area contributed by atoms with Gasteiger partial charge in [-0.05, 0) is 37.3 Å². The molecule has 3 amide bonds. The van der Waals surface area contributed by atoms with Crippen LogP contribution in [0.2, 0.25) is 0 Å². The largest absolute Gasteiger partial charge is 0.478 e. The van der Waals surface area contributed by atoms with Crippen LogP contribution in [-0.4, -0.2) is 58.1 Å². The predicted octanol–water partition coefficient (Wildman–Crippen LogP) is 5.02. The minimum absolute atomic E-state index is 0.0805. The number of amides is 3. The van der Waals surface area contributed by atoms with Crippen LogP contribution < -0.4 is 10.2 Å². The lowest BCUT2D eigenvalue weighted by atomic mass is 10.0. The lowest BCUT2D eigenvalue weighted by molar-refractivity contribution is -0.148. The van der Waals surface area contributed by atoms with Gasteiger partial charge in [0.2, 0.25) is 0 Å². The highest BCUT2D eigenvalue weighted by Crippen LogP contribution is 2.38. The summed E-state index contributed by atoms with van der Waals surface area (Å²) in [7, 11) is 1.10. The highest BCUT2D eigenvalue weighted by Gasteiger charge is 2.31. The number of carbonyl (C=O) groups is 5. The van der Waals surface area contributed by atoms with Crippen molar-refractivity contribution in [1.29, 1.82) is 0 Å². The number of imide groups is 1. The van der Waals surface area contributed by atoms with E-state index in [1.165, 1.54) is 61.5 Å². The fourth-order valence-electron chi connectivity index (χ4n) is 4.57. The van der Waals surface area contributed by atoms with Gasteiger partial charge in [-0.1, -0.05) is 54.6 Å². The number of hydrogen-bond donors (Lipinski definition) is 3. The van der Waals surface area contributed by atoms with Gasteiger partial charge in [0.25, 0.3) is 5.91 Å². The van der Waals surface area contributed by atoms with E-state index in [0.29, 0.717) is 16.5 Å². The number of fused-ring (bicyclic) bond motifs is 1. The lowest BCUT2D eigenvalue weighted by Crippen LogP contribution is -2.44. The molecule has 0 saturated heterocycles. The molecule has 4 aromatic rings. The van der Waals surface area contributed by atoms with Crippen LogP contribution in [0.4, 0.5) is 26.2 Å². The van der Waals surface area contributed by atoms with Gasteiger partial charge in [0.05, 0.1) is 30.6 Å². The normalized spacial score (nSPS) is 11.3. The highest BCUT2D eigenvalue weighted by molar-refractivity contribution is 6.40. The Kier molecular flexibility index (Phi) is 8.99. The summed E-state index contributed by atoms with van der Waals surface area (Å²) in [5, 5.41) is 23.2. The number of methoxy groups -OCH3 is 1. The van der Waals surface area contributed by atoms with E-state index >= 15 is 0 Å². The van der Waals surface area contributed by atoms with Crippen molar-refractivity contribution in [2.45, 2.75) is 19.5 Å². The molecule has 0 aliphatic heterocycles. The van der Waals surface area contributed by atoms with Gasteiger partial charge in [-0.2, -0.15) is 0 Å². The molecular formula is C31H26FN3O8. The van der Waals surface area contributed by atoms with E-state index in [9.17, 15) is 38.6 Å². The summed E-state index contributed by atoms with van der Waals surface area (Å²) in [6.07, 6.45) is -0.984. The molecule has 4 rings (SSSR count). The molecule has 12 heteroatoms. The monoisotopic (exact) mass is 587 g/mol. The Morgan fingerprint density at radius 3 is 2.12 bits per heavy atom. The number of nitrogens with one attached hydrogen (secondary N) is 1. The molecule has 3 N–H and O–H groups in total. The van der Waals surface area contributed by atoms with E-state index in [-0.39, 0.29) is 29.0 Å². The first-order valence-electron chi connectivity index (χ1n) is 12.9. The van der Waals surface area contributed by atoms with Gasteiger partial charge in [0.1, 0.15) is 11.9 Å². The number of aromatic carboxylic acids is 1. The number of rotatable bonds is 8. The van der Waals surface area contributed by atoms with Crippen molar-refractivity contribution in [2.75, 3.05) is 17.3 Å². The molecule has 0 saturated carbocycles. The van der Waals surface area contributed by atoms with E-state index in [1.807, 2.05) is 0 Å². The molecule has 0 spiro atoms. The molecule has 0 heterocycles. The van der Waals surface area contributed by atoms with Gasteiger partial charge in [-0.25, -0.2) is 23.7 Å². The maximum absolute atomic E-state index is 14.3. The number of halogens is 1. The maximum Gasteiger partial charge on any atom is 0.416 e. The third-order valence-corrected chi connectivity index (χ3v) is 6.59. The number of carboxylic acid groups (broad SMARTS) is 2. The Hall–Kier alpha value is -5.78. The standard InChI is InChI=1S/C31H26FN3O8/c1-18(27(36)34(31(42)43-2)17-19-9-3-7-13-23(19)32)33-24-15-16-26(21-11-5-4-10-20(21)24)35(28(37)30(40)41)25-14-8-6-12-22(25)29(38)39/h3-16,18,33H,17H2,1-2H3,(H,38,39)(H,40,41)/t18-/m0/s1. The Balaban J connectivity index is 1.75. The zero-order valence-electron chi connectivity index (χ0n) is 23.0. The van der Waals surface area contributed by atoms with Crippen LogP contribution in [-0.2, 0) is 25.7 Å². The second-order valence-electron chi connectivity index (χ2n) is 9.30. The Morgan fingerprint density at radius 2 is 1.47 bits per heavy atom. The average molecular weight is 588 g/mol. The number of ether oxygens (including phenoxy) is 1. The fourth-order valence-corrected chi connectivity index (χ4v) is 4.57. The fraction of sp³-hybridized carbons (Fsp3) is 0.129. The molecule has 4 aromatic carbocycles. The first kappa shape index (κ1) is 30.2. The van der Waals surface area contributed by atoms with Crippen molar-refractivity contribution in [1.82, 2.24) is 4.90 Å². The molecule has 220 valence electrons. The van der Waals surface area contributed by atoms with Crippen LogP contribution >= 0.6 is 0 Å². The summed E-state index contributed by atoms with van der Waals surface area (Å²) >= 11 is 0. The minimum atomic E-state index is -1.80. The van der Waals surface area contributed by atoms with Crippen LogP contribution in [0.5, 0.6) is 0 Å². The number of para-hydroxylation sites is 1. The Bertz CT molecular complexity index is 1740. The van der Waals surface area contributed by atoms with Gasteiger partial charge in [0, 0.05) is 22.0 Å². The molecule has 0 radical (unpaired) electrons. The zero-order valence-corrected chi connectivity index (χ0v) is 23.0. The van der Waals surface area contributed by atoms with Crippen molar-refractivity contribution in [2.24, 2.45) is 0 Å². The summed E-state index contributed by atoms with van der Waals surface area (Å²) in [6, 6.07) is 19.6.